The summed E-state index contributed by atoms with van der Waals surface area (Å²) in [5, 5.41) is 5.60. The van der Waals surface area contributed by atoms with E-state index in [0.717, 1.165) is 12.8 Å². The number of rotatable bonds is 5. The Labute approximate surface area is 101 Å². The van der Waals surface area contributed by atoms with Gasteiger partial charge < -0.3 is 16.4 Å². The van der Waals surface area contributed by atoms with Crippen molar-refractivity contribution < 1.29 is 9.59 Å². The standard InChI is InChI=1S/C12H19N3O2/c13-10-4-3-9(7-10)12(17)15-6-5-14-11(16)8-1-2-8/h3-4,8-10H,1-2,5-7,13H2,(H,14,16)(H,15,17). The van der Waals surface area contributed by atoms with E-state index in [-0.39, 0.29) is 29.7 Å². The maximum Gasteiger partial charge on any atom is 0.227 e. The second-order valence-electron chi connectivity index (χ2n) is 4.75. The summed E-state index contributed by atoms with van der Waals surface area (Å²) < 4.78 is 0. The zero-order valence-corrected chi connectivity index (χ0v) is 9.82. The highest BCUT2D eigenvalue weighted by Gasteiger charge is 2.29. The van der Waals surface area contributed by atoms with Gasteiger partial charge in [0.15, 0.2) is 0 Å². The largest absolute Gasteiger partial charge is 0.354 e. The molecule has 0 spiro atoms. The van der Waals surface area contributed by atoms with E-state index in [2.05, 4.69) is 10.6 Å². The maximum atomic E-state index is 11.7. The molecule has 0 aromatic heterocycles. The molecule has 0 saturated heterocycles. The normalized spacial score (nSPS) is 26.9. The number of hydrogen-bond donors (Lipinski definition) is 3. The fraction of sp³-hybridized carbons (Fsp3) is 0.667. The summed E-state index contributed by atoms with van der Waals surface area (Å²) in [5.41, 5.74) is 5.67. The Morgan fingerprint density at radius 3 is 2.29 bits per heavy atom. The molecule has 17 heavy (non-hydrogen) atoms. The first kappa shape index (κ1) is 12.1. The average molecular weight is 237 g/mol. The van der Waals surface area contributed by atoms with E-state index in [0.29, 0.717) is 19.5 Å². The van der Waals surface area contributed by atoms with Gasteiger partial charge in [-0.25, -0.2) is 0 Å². The molecule has 0 bridgehead atoms. The van der Waals surface area contributed by atoms with Gasteiger partial charge >= 0.3 is 0 Å². The van der Waals surface area contributed by atoms with E-state index < -0.39 is 0 Å². The SMILES string of the molecule is NC1C=CC(C(=O)NCCNC(=O)C2CC2)C1. The molecule has 1 saturated carbocycles. The summed E-state index contributed by atoms with van der Waals surface area (Å²) in [6.07, 6.45) is 6.40. The number of nitrogens with one attached hydrogen (secondary N) is 2. The number of hydrogen-bond acceptors (Lipinski definition) is 3. The van der Waals surface area contributed by atoms with E-state index in [1.165, 1.54) is 0 Å². The van der Waals surface area contributed by atoms with Crippen molar-refractivity contribution in [2.45, 2.75) is 25.3 Å². The molecule has 2 unspecified atom stereocenters. The second kappa shape index (κ2) is 5.31. The van der Waals surface area contributed by atoms with Crippen LogP contribution in [0.1, 0.15) is 19.3 Å². The van der Waals surface area contributed by atoms with Crippen LogP contribution in [0.15, 0.2) is 12.2 Å². The van der Waals surface area contributed by atoms with Gasteiger partial charge in [0.05, 0.1) is 5.92 Å². The number of carbonyl (C=O) groups is 2. The van der Waals surface area contributed by atoms with E-state index in [9.17, 15) is 9.59 Å². The van der Waals surface area contributed by atoms with Gasteiger partial charge in [0.1, 0.15) is 0 Å². The summed E-state index contributed by atoms with van der Waals surface area (Å²) in [6.45, 7) is 0.987. The van der Waals surface area contributed by atoms with Crippen LogP contribution in [0.4, 0.5) is 0 Å². The molecule has 1 fully saturated rings. The summed E-state index contributed by atoms with van der Waals surface area (Å²) in [7, 11) is 0. The molecule has 2 rings (SSSR count). The Morgan fingerprint density at radius 2 is 1.76 bits per heavy atom. The lowest BCUT2D eigenvalue weighted by Gasteiger charge is -2.10. The molecule has 0 aromatic carbocycles. The Kier molecular flexibility index (Phi) is 3.78. The van der Waals surface area contributed by atoms with Crippen LogP contribution < -0.4 is 16.4 Å². The molecular formula is C12H19N3O2. The molecule has 4 N–H and O–H groups in total. The van der Waals surface area contributed by atoms with Crippen LogP contribution in [0.3, 0.4) is 0 Å². The minimum atomic E-state index is -0.107. The van der Waals surface area contributed by atoms with Gasteiger partial charge in [-0.2, -0.15) is 0 Å². The van der Waals surface area contributed by atoms with Crippen LogP contribution >= 0.6 is 0 Å². The van der Waals surface area contributed by atoms with Crippen LogP contribution in [0.5, 0.6) is 0 Å². The fourth-order valence-electron chi connectivity index (χ4n) is 1.91. The lowest BCUT2D eigenvalue weighted by molar-refractivity contribution is -0.124. The van der Waals surface area contributed by atoms with Crippen LogP contribution in [-0.2, 0) is 9.59 Å². The first-order valence-corrected chi connectivity index (χ1v) is 6.16. The molecule has 5 heteroatoms. The fourth-order valence-corrected chi connectivity index (χ4v) is 1.91. The summed E-state index contributed by atoms with van der Waals surface area (Å²) in [4.78, 5) is 22.9. The summed E-state index contributed by atoms with van der Waals surface area (Å²) in [6, 6.07) is 0.000296. The Morgan fingerprint density at radius 1 is 1.12 bits per heavy atom. The van der Waals surface area contributed by atoms with Crippen LogP contribution in [0, 0.1) is 11.8 Å². The predicted molar refractivity (Wildman–Crippen MR) is 64.0 cm³/mol. The van der Waals surface area contributed by atoms with Gasteiger partial charge in [-0.3, -0.25) is 9.59 Å². The minimum Gasteiger partial charge on any atom is -0.354 e. The predicted octanol–water partition coefficient (Wildman–Crippen LogP) is -0.468. The lowest BCUT2D eigenvalue weighted by Crippen LogP contribution is -2.37. The van der Waals surface area contributed by atoms with E-state index in [1.807, 2.05) is 12.2 Å². The molecule has 0 aromatic rings. The topological polar surface area (TPSA) is 84.2 Å². The third-order valence-electron chi connectivity index (χ3n) is 3.13. The van der Waals surface area contributed by atoms with Crippen molar-refractivity contribution >= 4 is 11.8 Å². The molecule has 0 heterocycles. The van der Waals surface area contributed by atoms with Crippen molar-refractivity contribution in [2.24, 2.45) is 17.6 Å². The van der Waals surface area contributed by atoms with Gasteiger partial charge in [0.25, 0.3) is 0 Å². The Balaban J connectivity index is 1.57. The minimum absolute atomic E-state index is 0.000296. The molecule has 2 aliphatic rings. The quantitative estimate of drug-likeness (QED) is 0.446. The Bertz CT molecular complexity index is 337. The molecule has 5 nitrogen and oxygen atoms in total. The number of nitrogens with two attached hydrogens (primary N) is 1. The first-order chi connectivity index (χ1) is 8.16. The van der Waals surface area contributed by atoms with Crippen molar-refractivity contribution in [2.75, 3.05) is 13.1 Å². The lowest BCUT2D eigenvalue weighted by atomic mass is 10.1. The van der Waals surface area contributed by atoms with Crippen molar-refractivity contribution in [1.29, 1.82) is 0 Å². The van der Waals surface area contributed by atoms with E-state index in [1.54, 1.807) is 0 Å². The molecule has 2 aliphatic carbocycles. The number of amides is 2. The van der Waals surface area contributed by atoms with E-state index in [4.69, 9.17) is 5.73 Å². The maximum absolute atomic E-state index is 11.7. The smallest absolute Gasteiger partial charge is 0.227 e. The van der Waals surface area contributed by atoms with Gasteiger partial charge in [0, 0.05) is 25.0 Å². The summed E-state index contributed by atoms with van der Waals surface area (Å²) >= 11 is 0. The van der Waals surface area contributed by atoms with Crippen molar-refractivity contribution in [3.8, 4) is 0 Å². The monoisotopic (exact) mass is 237 g/mol. The third kappa shape index (κ3) is 3.56. The number of carbonyl (C=O) groups excluding carboxylic acids is 2. The third-order valence-corrected chi connectivity index (χ3v) is 3.13. The Hall–Kier alpha value is -1.36. The molecule has 94 valence electrons. The molecule has 2 atom stereocenters. The van der Waals surface area contributed by atoms with Gasteiger partial charge in [-0.1, -0.05) is 12.2 Å². The van der Waals surface area contributed by atoms with E-state index >= 15 is 0 Å². The van der Waals surface area contributed by atoms with Crippen molar-refractivity contribution in [3.05, 3.63) is 12.2 Å². The van der Waals surface area contributed by atoms with Gasteiger partial charge in [-0.15, -0.1) is 0 Å². The molecule has 0 radical (unpaired) electrons. The van der Waals surface area contributed by atoms with Crippen molar-refractivity contribution in [1.82, 2.24) is 10.6 Å². The van der Waals surface area contributed by atoms with Crippen LogP contribution in [0.25, 0.3) is 0 Å². The first-order valence-electron chi connectivity index (χ1n) is 6.16. The zero-order valence-electron chi connectivity index (χ0n) is 9.82. The molecule has 2 amide bonds. The van der Waals surface area contributed by atoms with Crippen molar-refractivity contribution in [3.63, 3.8) is 0 Å². The average Bonchev–Trinajstić information content (AvgIpc) is 3.07. The molecular weight excluding hydrogens is 218 g/mol. The highest BCUT2D eigenvalue weighted by molar-refractivity contribution is 5.82. The highest BCUT2D eigenvalue weighted by atomic mass is 16.2. The van der Waals surface area contributed by atoms with Gasteiger partial charge in [0.2, 0.25) is 11.8 Å². The molecule has 0 aliphatic heterocycles. The van der Waals surface area contributed by atoms with Crippen LogP contribution in [-0.4, -0.2) is 30.9 Å². The van der Waals surface area contributed by atoms with Crippen LogP contribution in [0.2, 0.25) is 0 Å². The second-order valence-corrected chi connectivity index (χ2v) is 4.75. The highest BCUT2D eigenvalue weighted by Crippen LogP contribution is 2.28. The zero-order chi connectivity index (χ0) is 12.3. The van der Waals surface area contributed by atoms with Gasteiger partial charge in [-0.05, 0) is 19.3 Å². The summed E-state index contributed by atoms with van der Waals surface area (Å²) in [5.74, 6) is 0.225.